The number of pyridine rings is 1. The number of imidazole rings is 1. The van der Waals surface area contributed by atoms with Crippen LogP contribution in [0, 0.1) is 0 Å². The van der Waals surface area contributed by atoms with E-state index < -0.39 is 0 Å². The lowest BCUT2D eigenvalue weighted by Crippen LogP contribution is -2.29. The Morgan fingerprint density at radius 1 is 1.07 bits per heavy atom. The Labute approximate surface area is 160 Å². The highest BCUT2D eigenvalue weighted by Gasteiger charge is 2.22. The zero-order valence-corrected chi connectivity index (χ0v) is 16.1. The van der Waals surface area contributed by atoms with Crippen LogP contribution in [-0.4, -0.2) is 59.4 Å². The Bertz CT molecular complexity index is 892. The fourth-order valence-electron chi connectivity index (χ4n) is 3.06. The van der Waals surface area contributed by atoms with Crippen LogP contribution in [-0.2, 0) is 17.8 Å². The first-order valence-electron chi connectivity index (χ1n) is 9.03. The molecule has 27 heavy (non-hydrogen) atoms. The molecule has 0 atom stereocenters. The number of benzene rings is 1. The molecule has 6 nitrogen and oxygen atoms in total. The third kappa shape index (κ3) is 4.53. The van der Waals surface area contributed by atoms with E-state index in [0.29, 0.717) is 25.4 Å². The van der Waals surface area contributed by atoms with E-state index in [0.717, 1.165) is 23.4 Å². The Kier molecular flexibility index (Phi) is 6.21. The van der Waals surface area contributed by atoms with Gasteiger partial charge >= 0.3 is 0 Å². The molecule has 0 bridgehead atoms. The summed E-state index contributed by atoms with van der Waals surface area (Å²) in [7, 11) is 5.52. The second-order valence-electron chi connectivity index (χ2n) is 6.71. The van der Waals surface area contributed by atoms with Gasteiger partial charge in [0, 0.05) is 40.0 Å². The summed E-state index contributed by atoms with van der Waals surface area (Å²) in [6.45, 7) is 2.59. The normalized spacial score (nSPS) is 11.3. The van der Waals surface area contributed by atoms with E-state index in [1.165, 1.54) is 0 Å². The molecule has 0 saturated carbocycles. The number of ether oxygens (including phenoxy) is 1. The average Bonchev–Trinajstić information content (AvgIpc) is 3.05. The highest BCUT2D eigenvalue weighted by atomic mass is 16.5. The number of fused-ring (bicyclic) bond motifs is 1. The largest absolute Gasteiger partial charge is 0.383 e. The highest BCUT2D eigenvalue weighted by Crippen LogP contribution is 2.17. The van der Waals surface area contributed by atoms with Crippen molar-refractivity contribution in [3.05, 3.63) is 71.7 Å². The van der Waals surface area contributed by atoms with Gasteiger partial charge in [0.2, 0.25) is 0 Å². The van der Waals surface area contributed by atoms with E-state index in [2.05, 4.69) is 9.88 Å². The third-order valence-electron chi connectivity index (χ3n) is 4.54. The van der Waals surface area contributed by atoms with Crippen LogP contribution in [0.2, 0.25) is 0 Å². The fourth-order valence-corrected chi connectivity index (χ4v) is 3.06. The van der Waals surface area contributed by atoms with Gasteiger partial charge in [-0.25, -0.2) is 4.98 Å². The first-order valence-corrected chi connectivity index (χ1v) is 9.03. The molecule has 0 fully saturated rings. The van der Waals surface area contributed by atoms with Crippen molar-refractivity contribution in [1.82, 2.24) is 19.2 Å². The van der Waals surface area contributed by atoms with E-state index in [1.807, 2.05) is 73.2 Å². The van der Waals surface area contributed by atoms with Gasteiger partial charge in [0.25, 0.3) is 5.91 Å². The molecule has 2 heterocycles. The number of hydrogen-bond acceptors (Lipinski definition) is 4. The predicted molar refractivity (Wildman–Crippen MR) is 106 cm³/mol. The Morgan fingerprint density at radius 2 is 1.81 bits per heavy atom. The number of carbonyl (C=O) groups is 1. The summed E-state index contributed by atoms with van der Waals surface area (Å²) < 4.78 is 7.16. The second-order valence-corrected chi connectivity index (χ2v) is 6.71. The van der Waals surface area contributed by atoms with Gasteiger partial charge in [-0.2, -0.15) is 0 Å². The number of carbonyl (C=O) groups excluding carboxylic acids is 1. The van der Waals surface area contributed by atoms with E-state index in [1.54, 1.807) is 12.0 Å². The Morgan fingerprint density at radius 3 is 2.56 bits per heavy atom. The van der Waals surface area contributed by atoms with Crippen LogP contribution in [0.3, 0.4) is 0 Å². The molecule has 0 aliphatic heterocycles. The molecular weight excluding hydrogens is 340 g/mol. The van der Waals surface area contributed by atoms with E-state index >= 15 is 0 Å². The van der Waals surface area contributed by atoms with Crippen LogP contribution in [0.5, 0.6) is 0 Å². The molecule has 3 aromatic rings. The maximum atomic E-state index is 13.1. The van der Waals surface area contributed by atoms with Crippen molar-refractivity contribution in [2.45, 2.75) is 13.1 Å². The van der Waals surface area contributed by atoms with Crippen molar-refractivity contribution >= 4 is 11.6 Å². The van der Waals surface area contributed by atoms with Gasteiger partial charge in [0.05, 0.1) is 12.3 Å². The zero-order chi connectivity index (χ0) is 19.2. The Balaban J connectivity index is 1.88. The molecule has 3 rings (SSSR count). The molecule has 1 aromatic carbocycles. The van der Waals surface area contributed by atoms with Crippen LogP contribution < -0.4 is 0 Å². The first kappa shape index (κ1) is 19.1. The number of likely N-dealkylation sites (N-methyl/N-ethyl adjacent to an activating group) is 1. The lowest BCUT2D eigenvalue weighted by Gasteiger charge is -2.19. The zero-order valence-electron chi connectivity index (χ0n) is 16.1. The number of nitrogens with zero attached hydrogens (tertiary/aromatic N) is 4. The minimum Gasteiger partial charge on any atom is -0.383 e. The van der Waals surface area contributed by atoms with Gasteiger partial charge in [-0.15, -0.1) is 0 Å². The van der Waals surface area contributed by atoms with Crippen LogP contribution >= 0.6 is 0 Å². The van der Waals surface area contributed by atoms with Crippen LogP contribution in [0.1, 0.15) is 21.7 Å². The summed E-state index contributed by atoms with van der Waals surface area (Å²) >= 11 is 0. The molecule has 142 valence electrons. The predicted octanol–water partition coefficient (Wildman–Crippen LogP) is 2.68. The molecule has 0 aliphatic carbocycles. The summed E-state index contributed by atoms with van der Waals surface area (Å²) in [5.74, 6) is -0.0716. The van der Waals surface area contributed by atoms with Crippen molar-refractivity contribution in [2.75, 3.05) is 34.4 Å². The number of methoxy groups -OCH3 is 1. The molecule has 0 spiro atoms. The van der Waals surface area contributed by atoms with E-state index in [-0.39, 0.29) is 5.91 Å². The smallest absolute Gasteiger partial charge is 0.274 e. The van der Waals surface area contributed by atoms with Crippen LogP contribution in [0.4, 0.5) is 0 Å². The SMILES string of the molecule is COCCN(C)Cc1c(C(=O)N(C)Cc2ccccc2)nc2ccccn12. The lowest BCUT2D eigenvalue weighted by molar-refractivity contribution is 0.0777. The molecule has 0 aliphatic rings. The molecule has 1 amide bonds. The van der Waals surface area contributed by atoms with E-state index in [4.69, 9.17) is 4.74 Å². The van der Waals surface area contributed by atoms with E-state index in [9.17, 15) is 4.79 Å². The molecule has 2 aromatic heterocycles. The first-order chi connectivity index (χ1) is 13.1. The third-order valence-corrected chi connectivity index (χ3v) is 4.54. The molecule has 6 heteroatoms. The molecule has 0 N–H and O–H groups in total. The average molecular weight is 366 g/mol. The number of hydrogen-bond donors (Lipinski definition) is 0. The molecule has 0 unspecified atom stereocenters. The molecule has 0 radical (unpaired) electrons. The minimum atomic E-state index is -0.0716. The van der Waals surface area contributed by atoms with Crippen molar-refractivity contribution in [2.24, 2.45) is 0 Å². The maximum Gasteiger partial charge on any atom is 0.274 e. The summed E-state index contributed by atoms with van der Waals surface area (Å²) in [5, 5.41) is 0. The van der Waals surface area contributed by atoms with Crippen LogP contribution in [0.25, 0.3) is 5.65 Å². The number of amides is 1. The number of rotatable bonds is 8. The highest BCUT2D eigenvalue weighted by molar-refractivity contribution is 5.94. The quantitative estimate of drug-likeness (QED) is 0.615. The topological polar surface area (TPSA) is 50.1 Å². The second kappa shape index (κ2) is 8.79. The van der Waals surface area contributed by atoms with Gasteiger partial charge in [0.1, 0.15) is 5.65 Å². The molecule has 0 saturated heterocycles. The monoisotopic (exact) mass is 366 g/mol. The van der Waals surface area contributed by atoms with Gasteiger partial charge < -0.3 is 14.0 Å². The van der Waals surface area contributed by atoms with Crippen molar-refractivity contribution in [3.63, 3.8) is 0 Å². The van der Waals surface area contributed by atoms with Crippen molar-refractivity contribution < 1.29 is 9.53 Å². The van der Waals surface area contributed by atoms with Gasteiger partial charge in [-0.3, -0.25) is 9.69 Å². The van der Waals surface area contributed by atoms with Crippen molar-refractivity contribution in [3.8, 4) is 0 Å². The summed E-state index contributed by atoms with van der Waals surface area (Å²) in [6.07, 6.45) is 1.95. The van der Waals surface area contributed by atoms with Gasteiger partial charge in [-0.1, -0.05) is 36.4 Å². The fraction of sp³-hybridized carbons (Fsp3) is 0.333. The Hall–Kier alpha value is -2.70. The summed E-state index contributed by atoms with van der Waals surface area (Å²) in [6, 6.07) is 15.8. The van der Waals surface area contributed by atoms with Crippen LogP contribution in [0.15, 0.2) is 54.7 Å². The molecular formula is C21H26N4O2. The van der Waals surface area contributed by atoms with Crippen molar-refractivity contribution in [1.29, 1.82) is 0 Å². The number of aromatic nitrogens is 2. The summed E-state index contributed by atoms with van der Waals surface area (Å²) in [4.78, 5) is 21.6. The van der Waals surface area contributed by atoms with Gasteiger partial charge in [0.15, 0.2) is 5.69 Å². The standard InChI is InChI=1S/C21H26N4O2/c1-23(13-14-27-3)16-18-20(22-19-11-7-8-12-25(18)19)21(26)24(2)15-17-9-5-4-6-10-17/h4-12H,13-16H2,1-3H3. The van der Waals surface area contributed by atoms with Gasteiger partial charge in [-0.05, 0) is 24.7 Å². The minimum absolute atomic E-state index is 0.0716. The maximum absolute atomic E-state index is 13.1. The summed E-state index contributed by atoms with van der Waals surface area (Å²) in [5.41, 5.74) is 3.28. The lowest BCUT2D eigenvalue weighted by atomic mass is 10.2.